The summed E-state index contributed by atoms with van der Waals surface area (Å²) >= 11 is 3.47. The van der Waals surface area contributed by atoms with Crippen LogP contribution in [0.15, 0.2) is 45.5 Å². The van der Waals surface area contributed by atoms with Crippen LogP contribution in [0.4, 0.5) is 0 Å². The van der Waals surface area contributed by atoms with Crippen molar-refractivity contribution in [1.29, 1.82) is 0 Å². The standard InChI is InChI=1S/C13H17BrN2/c1-11(9-16-10-15)4-2-5-12-6-3-7-13(14)8-12/h3,6-10H,2,4-5H2,1H3,(H2,15,16)/b11-9+. The Hall–Kier alpha value is -1.09. The Morgan fingerprint density at radius 3 is 3.00 bits per heavy atom. The van der Waals surface area contributed by atoms with E-state index in [1.165, 1.54) is 17.5 Å². The van der Waals surface area contributed by atoms with Gasteiger partial charge in [-0.05, 0) is 43.9 Å². The highest BCUT2D eigenvalue weighted by Crippen LogP contribution is 2.15. The van der Waals surface area contributed by atoms with Crippen LogP contribution in [0, 0.1) is 0 Å². The highest BCUT2D eigenvalue weighted by atomic mass is 79.9. The van der Waals surface area contributed by atoms with Crippen molar-refractivity contribution in [2.75, 3.05) is 0 Å². The van der Waals surface area contributed by atoms with Crippen LogP contribution >= 0.6 is 15.9 Å². The number of benzene rings is 1. The predicted octanol–water partition coefficient (Wildman–Crippen LogP) is 3.66. The number of allylic oxidation sites excluding steroid dienone is 1. The van der Waals surface area contributed by atoms with Gasteiger partial charge in [0.2, 0.25) is 0 Å². The number of aliphatic imine (C=N–C) groups is 1. The molecule has 2 nitrogen and oxygen atoms in total. The molecule has 86 valence electrons. The van der Waals surface area contributed by atoms with Crippen LogP contribution in [0.1, 0.15) is 25.3 Å². The van der Waals surface area contributed by atoms with Gasteiger partial charge in [0.15, 0.2) is 0 Å². The first-order valence-electron chi connectivity index (χ1n) is 5.36. The molecule has 2 N–H and O–H groups in total. The second-order valence-corrected chi connectivity index (χ2v) is 4.67. The summed E-state index contributed by atoms with van der Waals surface area (Å²) < 4.78 is 1.14. The van der Waals surface area contributed by atoms with Gasteiger partial charge >= 0.3 is 0 Å². The third-order valence-corrected chi connectivity index (χ3v) is 2.80. The van der Waals surface area contributed by atoms with Crippen molar-refractivity contribution in [3.05, 3.63) is 46.1 Å². The number of halogens is 1. The molecule has 1 aromatic rings. The van der Waals surface area contributed by atoms with Crippen LogP contribution in [-0.2, 0) is 6.42 Å². The van der Waals surface area contributed by atoms with Crippen molar-refractivity contribution in [3.8, 4) is 0 Å². The molecule has 0 aliphatic heterocycles. The van der Waals surface area contributed by atoms with E-state index in [1.807, 2.05) is 12.3 Å². The normalized spacial score (nSPS) is 12.2. The van der Waals surface area contributed by atoms with Crippen molar-refractivity contribution in [3.63, 3.8) is 0 Å². The lowest BCUT2D eigenvalue weighted by molar-refractivity contribution is 0.809. The van der Waals surface area contributed by atoms with E-state index < -0.39 is 0 Å². The molecule has 0 unspecified atom stereocenters. The van der Waals surface area contributed by atoms with Crippen LogP contribution in [0.2, 0.25) is 0 Å². The van der Waals surface area contributed by atoms with Gasteiger partial charge in [-0.3, -0.25) is 0 Å². The maximum Gasteiger partial charge on any atom is 0.0852 e. The molecule has 0 radical (unpaired) electrons. The van der Waals surface area contributed by atoms with E-state index in [0.717, 1.165) is 23.7 Å². The Morgan fingerprint density at radius 1 is 1.50 bits per heavy atom. The minimum Gasteiger partial charge on any atom is -0.390 e. The largest absolute Gasteiger partial charge is 0.390 e. The Kier molecular flexibility index (Phi) is 5.86. The van der Waals surface area contributed by atoms with Crippen molar-refractivity contribution < 1.29 is 0 Å². The lowest BCUT2D eigenvalue weighted by atomic mass is 10.1. The number of rotatable bonds is 5. The molecule has 0 fully saturated rings. The minimum absolute atomic E-state index is 1.06. The zero-order valence-electron chi connectivity index (χ0n) is 9.49. The number of nitrogens with zero attached hydrogens (tertiary/aromatic N) is 1. The molecule has 0 bridgehead atoms. The molecule has 0 aromatic heterocycles. The Bertz CT molecular complexity index is 383. The van der Waals surface area contributed by atoms with E-state index in [2.05, 4.69) is 46.0 Å². The number of aryl methyl sites for hydroxylation is 1. The van der Waals surface area contributed by atoms with E-state index in [0.29, 0.717) is 0 Å². The average Bonchev–Trinajstić information content (AvgIpc) is 2.26. The average molecular weight is 281 g/mol. The van der Waals surface area contributed by atoms with Gasteiger partial charge in [-0.15, -0.1) is 0 Å². The van der Waals surface area contributed by atoms with Gasteiger partial charge in [-0.2, -0.15) is 0 Å². The summed E-state index contributed by atoms with van der Waals surface area (Å²) in [7, 11) is 0. The van der Waals surface area contributed by atoms with Crippen LogP contribution in [-0.4, -0.2) is 6.34 Å². The van der Waals surface area contributed by atoms with Crippen LogP contribution in [0.25, 0.3) is 0 Å². The number of nitrogens with two attached hydrogens (primary N) is 1. The zero-order valence-corrected chi connectivity index (χ0v) is 11.1. The Labute approximate surface area is 105 Å². The molecule has 1 aromatic carbocycles. The van der Waals surface area contributed by atoms with E-state index in [9.17, 15) is 0 Å². The van der Waals surface area contributed by atoms with E-state index in [4.69, 9.17) is 5.73 Å². The molecule has 3 heteroatoms. The molecule has 0 saturated heterocycles. The molecule has 0 aliphatic carbocycles. The van der Waals surface area contributed by atoms with Crippen molar-refractivity contribution in [2.45, 2.75) is 26.2 Å². The molecular formula is C13H17BrN2. The third kappa shape index (κ3) is 5.12. The first-order chi connectivity index (χ1) is 7.72. The molecule has 0 heterocycles. The maximum atomic E-state index is 5.17. The smallest absolute Gasteiger partial charge is 0.0852 e. The molecule has 16 heavy (non-hydrogen) atoms. The highest BCUT2D eigenvalue weighted by molar-refractivity contribution is 9.10. The summed E-state index contributed by atoms with van der Waals surface area (Å²) in [6, 6.07) is 8.43. The second-order valence-electron chi connectivity index (χ2n) is 3.76. The monoisotopic (exact) mass is 280 g/mol. The first kappa shape index (κ1) is 13.0. The molecule has 1 rings (SSSR count). The van der Waals surface area contributed by atoms with Crippen molar-refractivity contribution >= 4 is 22.3 Å². The van der Waals surface area contributed by atoms with Gasteiger partial charge in [0.1, 0.15) is 0 Å². The summed E-state index contributed by atoms with van der Waals surface area (Å²) in [6.07, 6.45) is 6.43. The lowest BCUT2D eigenvalue weighted by Crippen LogP contribution is -1.88. The maximum absolute atomic E-state index is 5.17. The van der Waals surface area contributed by atoms with Gasteiger partial charge < -0.3 is 5.73 Å². The molecule has 0 aliphatic rings. The van der Waals surface area contributed by atoms with Crippen molar-refractivity contribution in [1.82, 2.24) is 0 Å². The molecule has 0 spiro atoms. The highest BCUT2D eigenvalue weighted by Gasteiger charge is 1.95. The van der Waals surface area contributed by atoms with Crippen LogP contribution in [0.5, 0.6) is 0 Å². The SMILES string of the molecule is C/C(=C\N=CN)CCCc1cccc(Br)c1. The van der Waals surface area contributed by atoms with Gasteiger partial charge in [-0.1, -0.05) is 33.6 Å². The summed E-state index contributed by atoms with van der Waals surface area (Å²) in [5.74, 6) is 0. The van der Waals surface area contributed by atoms with Crippen LogP contribution < -0.4 is 5.73 Å². The predicted molar refractivity (Wildman–Crippen MR) is 73.5 cm³/mol. The minimum atomic E-state index is 1.06. The van der Waals surface area contributed by atoms with E-state index >= 15 is 0 Å². The first-order valence-corrected chi connectivity index (χ1v) is 6.15. The molecule has 0 atom stereocenters. The molecule has 0 saturated carbocycles. The van der Waals surface area contributed by atoms with Gasteiger partial charge in [0.05, 0.1) is 6.34 Å². The molecule has 0 amide bonds. The topological polar surface area (TPSA) is 38.4 Å². The van der Waals surface area contributed by atoms with Crippen molar-refractivity contribution in [2.24, 2.45) is 10.7 Å². The fourth-order valence-electron chi connectivity index (χ4n) is 1.50. The summed E-state index contributed by atoms with van der Waals surface area (Å²) in [5, 5.41) is 0. The molecular weight excluding hydrogens is 264 g/mol. The fourth-order valence-corrected chi connectivity index (χ4v) is 1.95. The van der Waals surface area contributed by atoms with E-state index in [-0.39, 0.29) is 0 Å². The van der Waals surface area contributed by atoms with E-state index in [1.54, 1.807) is 0 Å². The summed E-state index contributed by atoms with van der Waals surface area (Å²) in [6.45, 7) is 2.08. The fraction of sp³-hybridized carbons (Fsp3) is 0.308. The number of hydrogen-bond acceptors (Lipinski definition) is 1. The van der Waals surface area contributed by atoms with Gasteiger partial charge in [0, 0.05) is 10.7 Å². The van der Waals surface area contributed by atoms with Gasteiger partial charge in [-0.25, -0.2) is 4.99 Å². The quantitative estimate of drug-likeness (QED) is 0.649. The van der Waals surface area contributed by atoms with Crippen LogP contribution in [0.3, 0.4) is 0 Å². The Morgan fingerprint density at radius 2 is 2.31 bits per heavy atom. The zero-order chi connectivity index (χ0) is 11.8. The number of hydrogen-bond donors (Lipinski definition) is 1. The van der Waals surface area contributed by atoms with Gasteiger partial charge in [0.25, 0.3) is 0 Å². The Balaban J connectivity index is 2.36. The summed E-state index contributed by atoms with van der Waals surface area (Å²) in [4.78, 5) is 3.89. The third-order valence-electron chi connectivity index (χ3n) is 2.31. The lowest BCUT2D eigenvalue weighted by Gasteiger charge is -2.02. The second kappa shape index (κ2) is 7.23. The summed E-state index contributed by atoms with van der Waals surface area (Å²) in [5.41, 5.74) is 7.80.